The number of phenols is 2. The molecule has 43 heavy (non-hydrogen) atoms. The molecule has 0 spiro atoms. The molecule has 0 saturated carbocycles. The number of benzene rings is 4. The van der Waals surface area contributed by atoms with Crippen molar-refractivity contribution >= 4 is 0 Å². The van der Waals surface area contributed by atoms with Gasteiger partial charge in [-0.2, -0.15) is 0 Å². The van der Waals surface area contributed by atoms with E-state index in [1.54, 1.807) is 24.3 Å². The molecule has 4 rings (SSSR count). The van der Waals surface area contributed by atoms with Crippen LogP contribution in [0, 0.1) is 0 Å². The maximum absolute atomic E-state index is 9.45. The molecule has 4 unspecified atom stereocenters. The summed E-state index contributed by atoms with van der Waals surface area (Å²) in [7, 11) is 0. The van der Waals surface area contributed by atoms with E-state index in [9.17, 15) is 10.2 Å². The number of hydrogen-bond donors (Lipinski definition) is 2. The van der Waals surface area contributed by atoms with E-state index in [4.69, 9.17) is 23.7 Å². The van der Waals surface area contributed by atoms with Crippen LogP contribution in [-0.4, -0.2) is 48.2 Å². The van der Waals surface area contributed by atoms with Crippen LogP contribution in [0.1, 0.15) is 49.9 Å². The normalized spacial score (nSPS) is 14.0. The molecule has 4 aromatic carbocycles. The maximum Gasteiger partial charge on any atom is 0.197 e. The summed E-state index contributed by atoms with van der Waals surface area (Å²) in [6.45, 7) is 8.42. The van der Waals surface area contributed by atoms with Crippen molar-refractivity contribution in [1.29, 1.82) is 0 Å². The Morgan fingerprint density at radius 2 is 0.837 bits per heavy atom. The highest BCUT2D eigenvalue weighted by atomic mass is 16.7. The predicted molar refractivity (Wildman–Crippen MR) is 167 cm³/mol. The van der Waals surface area contributed by atoms with Gasteiger partial charge in [-0.15, -0.1) is 0 Å². The van der Waals surface area contributed by atoms with Gasteiger partial charge in [0.1, 0.15) is 23.0 Å². The van der Waals surface area contributed by atoms with Gasteiger partial charge in [-0.25, -0.2) is 0 Å². The van der Waals surface area contributed by atoms with Crippen LogP contribution < -0.4 is 9.47 Å². The third kappa shape index (κ3) is 11.3. The molecule has 0 radical (unpaired) electrons. The second-order valence-corrected chi connectivity index (χ2v) is 10.8. The Bertz CT molecular complexity index is 1350. The lowest BCUT2D eigenvalue weighted by Crippen LogP contribution is -2.29. The predicted octanol–water partition coefficient (Wildman–Crippen LogP) is 7.26. The van der Waals surface area contributed by atoms with E-state index in [0.29, 0.717) is 13.2 Å². The molecule has 2 N–H and O–H groups in total. The lowest BCUT2D eigenvalue weighted by atomic mass is 10.0. The first-order valence-electron chi connectivity index (χ1n) is 14.7. The van der Waals surface area contributed by atoms with E-state index < -0.39 is 12.6 Å². The Labute approximate surface area is 254 Å². The first-order valence-corrected chi connectivity index (χ1v) is 14.7. The summed E-state index contributed by atoms with van der Waals surface area (Å²) in [5.41, 5.74) is 4.58. The largest absolute Gasteiger partial charge is 0.508 e. The molecule has 0 saturated heterocycles. The molecule has 0 bridgehead atoms. The monoisotopic (exact) mass is 586 g/mol. The molecule has 0 amide bonds. The van der Waals surface area contributed by atoms with Crippen molar-refractivity contribution in [2.24, 2.45) is 0 Å². The third-order valence-corrected chi connectivity index (χ3v) is 6.75. The molecule has 0 fully saturated rings. The zero-order chi connectivity index (χ0) is 30.6. The topological polar surface area (TPSA) is 86.6 Å². The summed E-state index contributed by atoms with van der Waals surface area (Å²) in [5.74, 6) is 2.01. The summed E-state index contributed by atoms with van der Waals surface area (Å²) >= 11 is 0. The van der Waals surface area contributed by atoms with Crippen molar-refractivity contribution in [2.45, 2.75) is 65.3 Å². The van der Waals surface area contributed by atoms with Gasteiger partial charge in [-0.3, -0.25) is 0 Å². The summed E-state index contributed by atoms with van der Waals surface area (Å²) in [5, 5.41) is 18.9. The Morgan fingerprint density at radius 3 is 1.28 bits per heavy atom. The van der Waals surface area contributed by atoms with Gasteiger partial charge in [-0.1, -0.05) is 48.5 Å². The van der Waals surface area contributed by atoms with Gasteiger partial charge in [-0.05, 0) is 111 Å². The highest BCUT2D eigenvalue weighted by Crippen LogP contribution is 2.20. The van der Waals surface area contributed by atoms with Crippen LogP contribution in [0.15, 0.2) is 97.1 Å². The zero-order valence-corrected chi connectivity index (χ0v) is 25.3. The van der Waals surface area contributed by atoms with Crippen molar-refractivity contribution in [3.05, 3.63) is 119 Å². The molecular formula is C36H42O7. The molecule has 0 aliphatic rings. The molecule has 4 atom stereocenters. The van der Waals surface area contributed by atoms with E-state index in [1.807, 2.05) is 100 Å². The van der Waals surface area contributed by atoms with Crippen LogP contribution in [-0.2, 0) is 27.1 Å². The quantitative estimate of drug-likeness (QED) is 0.134. The molecule has 7 heteroatoms. The Kier molecular flexibility index (Phi) is 11.9. The number of aromatic hydroxyl groups is 2. The lowest BCUT2D eigenvalue weighted by molar-refractivity contribution is -0.143. The van der Waals surface area contributed by atoms with Crippen LogP contribution in [0.3, 0.4) is 0 Å². The first kappa shape index (κ1) is 31.9. The van der Waals surface area contributed by atoms with Gasteiger partial charge >= 0.3 is 0 Å². The van der Waals surface area contributed by atoms with Gasteiger partial charge in [0.2, 0.25) is 0 Å². The van der Waals surface area contributed by atoms with Crippen LogP contribution in [0.4, 0.5) is 0 Å². The molecule has 4 aromatic rings. The fourth-order valence-corrected chi connectivity index (χ4v) is 4.50. The molecule has 0 heterocycles. The molecular weight excluding hydrogens is 544 g/mol. The number of hydrogen-bond acceptors (Lipinski definition) is 7. The fraction of sp³-hybridized carbons (Fsp3) is 0.333. The van der Waals surface area contributed by atoms with Gasteiger partial charge in [0.25, 0.3) is 0 Å². The van der Waals surface area contributed by atoms with Crippen molar-refractivity contribution in [3.63, 3.8) is 0 Å². The minimum Gasteiger partial charge on any atom is -0.508 e. The Balaban J connectivity index is 1.10. The number of phenolic OH excluding ortho intramolecular Hbond substituents is 2. The molecule has 7 nitrogen and oxygen atoms in total. The van der Waals surface area contributed by atoms with Crippen molar-refractivity contribution in [3.8, 4) is 23.0 Å². The van der Waals surface area contributed by atoms with Gasteiger partial charge in [0, 0.05) is 0 Å². The van der Waals surface area contributed by atoms with Gasteiger partial charge in [0.15, 0.2) is 12.6 Å². The van der Waals surface area contributed by atoms with E-state index >= 15 is 0 Å². The van der Waals surface area contributed by atoms with Gasteiger partial charge in [0.05, 0.1) is 25.4 Å². The summed E-state index contributed by atoms with van der Waals surface area (Å²) in [6, 6.07) is 30.3. The summed E-state index contributed by atoms with van der Waals surface area (Å²) in [4.78, 5) is 0. The van der Waals surface area contributed by atoms with Crippen molar-refractivity contribution < 1.29 is 33.9 Å². The minimum absolute atomic E-state index is 0.137. The van der Waals surface area contributed by atoms with Gasteiger partial charge < -0.3 is 33.9 Å². The second-order valence-electron chi connectivity index (χ2n) is 10.8. The standard InChI is InChI=1S/C36H42O7/c1-25(23-40-27(3)42-35-17-9-31(10-18-35)21-29-5-13-33(37)14-6-29)39-24-26(2)41-28(4)43-36-19-11-32(12-20-36)22-30-7-15-34(38)16-8-30/h5-20,25-28,37-38H,21-24H2,1-4H3. The molecule has 0 aliphatic carbocycles. The van der Waals surface area contributed by atoms with E-state index in [-0.39, 0.29) is 23.7 Å². The van der Waals surface area contributed by atoms with E-state index in [0.717, 1.165) is 46.6 Å². The van der Waals surface area contributed by atoms with Crippen LogP contribution in [0.2, 0.25) is 0 Å². The van der Waals surface area contributed by atoms with E-state index in [2.05, 4.69) is 0 Å². The SMILES string of the molecule is CC(COC(C)Oc1ccc(Cc2ccc(O)cc2)cc1)OCC(C)OC(C)Oc1ccc(Cc2ccc(O)cc2)cc1. The second kappa shape index (κ2) is 16.0. The minimum atomic E-state index is -0.436. The third-order valence-electron chi connectivity index (χ3n) is 6.75. The summed E-state index contributed by atoms with van der Waals surface area (Å²) in [6.07, 6.45) is 0.397. The zero-order valence-electron chi connectivity index (χ0n) is 25.3. The lowest BCUT2D eigenvalue weighted by Gasteiger charge is -2.23. The fourth-order valence-electron chi connectivity index (χ4n) is 4.50. The maximum atomic E-state index is 9.45. The van der Waals surface area contributed by atoms with Crippen LogP contribution in [0.25, 0.3) is 0 Å². The van der Waals surface area contributed by atoms with Crippen LogP contribution in [0.5, 0.6) is 23.0 Å². The molecule has 0 aromatic heterocycles. The average molecular weight is 587 g/mol. The highest BCUT2D eigenvalue weighted by Gasteiger charge is 2.14. The molecule has 0 aliphatic heterocycles. The van der Waals surface area contributed by atoms with E-state index in [1.165, 1.54) is 0 Å². The Morgan fingerprint density at radius 1 is 0.465 bits per heavy atom. The smallest absolute Gasteiger partial charge is 0.197 e. The highest BCUT2D eigenvalue weighted by molar-refractivity contribution is 5.35. The van der Waals surface area contributed by atoms with Crippen molar-refractivity contribution in [1.82, 2.24) is 0 Å². The molecule has 228 valence electrons. The van der Waals surface area contributed by atoms with Crippen molar-refractivity contribution in [2.75, 3.05) is 13.2 Å². The first-order chi connectivity index (χ1) is 20.7. The van der Waals surface area contributed by atoms with Crippen LogP contribution >= 0.6 is 0 Å². The Hall–Kier alpha value is -4.04. The summed E-state index contributed by atoms with van der Waals surface area (Å²) < 4.78 is 29.5. The number of rotatable bonds is 16. The average Bonchev–Trinajstić information content (AvgIpc) is 2.99. The number of ether oxygens (including phenoxy) is 5.